The number of halogens is 1. The highest BCUT2D eigenvalue weighted by Gasteiger charge is 2.23. The number of ether oxygens (including phenoxy) is 1. The molecule has 0 unspecified atom stereocenters. The Morgan fingerprint density at radius 3 is 3.07 bits per heavy atom. The first kappa shape index (κ1) is 8.97. The minimum absolute atomic E-state index is 0.0720. The number of fused-ring (bicyclic) bond motifs is 1. The van der Waals surface area contributed by atoms with Gasteiger partial charge in [0.1, 0.15) is 0 Å². The van der Waals surface area contributed by atoms with Gasteiger partial charge < -0.3 is 9.84 Å². The van der Waals surface area contributed by atoms with Crippen molar-refractivity contribution in [3.63, 3.8) is 0 Å². The minimum Gasteiger partial charge on any atom is -0.490 e. The third kappa shape index (κ3) is 1.32. The Balaban J connectivity index is 2.58. The Morgan fingerprint density at radius 1 is 1.57 bits per heavy atom. The van der Waals surface area contributed by atoms with Gasteiger partial charge in [0.15, 0.2) is 11.6 Å². The van der Waals surface area contributed by atoms with E-state index in [0.29, 0.717) is 18.6 Å². The summed E-state index contributed by atoms with van der Waals surface area (Å²) in [7, 11) is 0. The molecule has 1 atom stereocenters. The normalized spacial score (nSPS) is 19.4. The van der Waals surface area contributed by atoms with E-state index in [1.165, 1.54) is 6.07 Å². The molecule has 0 amide bonds. The SMILES string of the molecule is N#Cc1cc(F)c2c(c1)[C@@H](O)CCO2. The predicted molar refractivity (Wildman–Crippen MR) is 46.2 cm³/mol. The third-order valence-electron chi connectivity index (χ3n) is 2.20. The Bertz CT molecular complexity index is 411. The summed E-state index contributed by atoms with van der Waals surface area (Å²) in [4.78, 5) is 0. The summed E-state index contributed by atoms with van der Waals surface area (Å²) in [6.07, 6.45) is -0.303. The smallest absolute Gasteiger partial charge is 0.166 e. The predicted octanol–water partition coefficient (Wildman–Crippen LogP) is 1.51. The number of hydrogen-bond donors (Lipinski definition) is 1. The van der Waals surface area contributed by atoms with E-state index in [9.17, 15) is 9.50 Å². The van der Waals surface area contributed by atoms with Gasteiger partial charge in [0.2, 0.25) is 0 Å². The van der Waals surface area contributed by atoms with Crippen molar-refractivity contribution in [2.45, 2.75) is 12.5 Å². The third-order valence-corrected chi connectivity index (χ3v) is 2.20. The van der Waals surface area contributed by atoms with Gasteiger partial charge in [0, 0.05) is 12.0 Å². The molecule has 0 spiro atoms. The van der Waals surface area contributed by atoms with Crippen LogP contribution >= 0.6 is 0 Å². The van der Waals surface area contributed by atoms with Crippen LogP contribution in [0.4, 0.5) is 4.39 Å². The molecule has 0 fully saturated rings. The van der Waals surface area contributed by atoms with Crippen molar-refractivity contribution in [1.29, 1.82) is 5.26 Å². The van der Waals surface area contributed by atoms with Crippen LogP contribution in [0.1, 0.15) is 23.7 Å². The van der Waals surface area contributed by atoms with Gasteiger partial charge in [-0.1, -0.05) is 0 Å². The molecule has 1 aromatic carbocycles. The lowest BCUT2D eigenvalue weighted by Gasteiger charge is -2.22. The van der Waals surface area contributed by atoms with Crippen LogP contribution < -0.4 is 4.74 Å². The molecule has 1 aromatic rings. The lowest BCUT2D eigenvalue weighted by Crippen LogP contribution is -2.15. The van der Waals surface area contributed by atoms with Crippen LogP contribution in [0.5, 0.6) is 5.75 Å². The molecule has 0 saturated carbocycles. The highest BCUT2D eigenvalue weighted by molar-refractivity contribution is 5.45. The number of nitriles is 1. The van der Waals surface area contributed by atoms with Crippen molar-refractivity contribution in [3.05, 3.63) is 29.1 Å². The van der Waals surface area contributed by atoms with Crippen molar-refractivity contribution in [3.8, 4) is 11.8 Å². The molecule has 14 heavy (non-hydrogen) atoms. The van der Waals surface area contributed by atoms with Crippen LogP contribution in [0.25, 0.3) is 0 Å². The molecule has 1 aliphatic rings. The molecule has 72 valence electrons. The van der Waals surface area contributed by atoms with Gasteiger partial charge in [-0.25, -0.2) is 4.39 Å². The second-order valence-electron chi connectivity index (χ2n) is 3.14. The largest absolute Gasteiger partial charge is 0.490 e. The number of benzene rings is 1. The first-order valence-electron chi connectivity index (χ1n) is 4.27. The van der Waals surface area contributed by atoms with E-state index >= 15 is 0 Å². The Kier molecular flexibility index (Phi) is 2.10. The van der Waals surface area contributed by atoms with Crippen molar-refractivity contribution < 1.29 is 14.2 Å². The van der Waals surface area contributed by atoms with Gasteiger partial charge in [0.05, 0.1) is 24.3 Å². The van der Waals surface area contributed by atoms with Crippen molar-refractivity contribution in [1.82, 2.24) is 0 Å². The second-order valence-corrected chi connectivity index (χ2v) is 3.14. The van der Waals surface area contributed by atoms with Crippen LogP contribution in [-0.4, -0.2) is 11.7 Å². The fraction of sp³-hybridized carbons (Fsp3) is 0.300. The van der Waals surface area contributed by atoms with Crippen molar-refractivity contribution in [2.24, 2.45) is 0 Å². The number of aliphatic hydroxyl groups excluding tert-OH is 1. The van der Waals surface area contributed by atoms with Crippen LogP contribution in [0.15, 0.2) is 12.1 Å². The molecule has 2 rings (SSSR count). The number of rotatable bonds is 0. The molecule has 1 heterocycles. The fourth-order valence-electron chi connectivity index (χ4n) is 1.51. The highest BCUT2D eigenvalue weighted by Crippen LogP contribution is 2.34. The number of nitrogens with zero attached hydrogens (tertiary/aromatic N) is 1. The zero-order valence-electron chi connectivity index (χ0n) is 7.33. The number of aliphatic hydroxyl groups is 1. The summed E-state index contributed by atoms with van der Waals surface area (Å²) in [5, 5.41) is 18.2. The highest BCUT2D eigenvalue weighted by atomic mass is 19.1. The van der Waals surface area contributed by atoms with Gasteiger partial charge in [-0.15, -0.1) is 0 Å². The van der Waals surface area contributed by atoms with Crippen molar-refractivity contribution in [2.75, 3.05) is 6.61 Å². The fourth-order valence-corrected chi connectivity index (χ4v) is 1.51. The topological polar surface area (TPSA) is 53.2 Å². The Morgan fingerprint density at radius 2 is 2.36 bits per heavy atom. The average molecular weight is 193 g/mol. The van der Waals surface area contributed by atoms with Gasteiger partial charge in [-0.2, -0.15) is 5.26 Å². The van der Waals surface area contributed by atoms with E-state index in [2.05, 4.69) is 0 Å². The Labute approximate surface area is 80.4 Å². The molecular formula is C10H8FNO2. The van der Waals surface area contributed by atoms with Gasteiger partial charge >= 0.3 is 0 Å². The summed E-state index contributed by atoms with van der Waals surface area (Å²) in [6, 6.07) is 4.40. The summed E-state index contributed by atoms with van der Waals surface area (Å²) < 4.78 is 18.4. The van der Waals surface area contributed by atoms with E-state index in [1.54, 1.807) is 0 Å². The Hall–Kier alpha value is -1.60. The number of hydrogen-bond acceptors (Lipinski definition) is 3. The van der Waals surface area contributed by atoms with Crippen LogP contribution in [-0.2, 0) is 0 Å². The maximum absolute atomic E-state index is 13.3. The molecule has 4 heteroatoms. The lowest BCUT2D eigenvalue weighted by molar-refractivity contribution is 0.112. The van der Waals surface area contributed by atoms with E-state index in [1.807, 2.05) is 6.07 Å². The van der Waals surface area contributed by atoms with E-state index in [-0.39, 0.29) is 11.3 Å². The van der Waals surface area contributed by atoms with Gasteiger partial charge in [0.25, 0.3) is 0 Å². The molecule has 0 bridgehead atoms. The molecular weight excluding hydrogens is 185 g/mol. The molecule has 3 nitrogen and oxygen atoms in total. The van der Waals surface area contributed by atoms with E-state index in [4.69, 9.17) is 10.00 Å². The maximum Gasteiger partial charge on any atom is 0.166 e. The van der Waals surface area contributed by atoms with Crippen LogP contribution in [0.3, 0.4) is 0 Å². The van der Waals surface area contributed by atoms with E-state index < -0.39 is 11.9 Å². The van der Waals surface area contributed by atoms with Gasteiger partial charge in [-0.3, -0.25) is 0 Å². The average Bonchev–Trinajstić information content (AvgIpc) is 2.19. The van der Waals surface area contributed by atoms with Gasteiger partial charge in [-0.05, 0) is 12.1 Å². The summed E-state index contributed by atoms with van der Waals surface area (Å²) in [6.45, 7) is 0.303. The quantitative estimate of drug-likeness (QED) is 0.679. The minimum atomic E-state index is -0.735. The molecule has 1 aliphatic heterocycles. The van der Waals surface area contributed by atoms with Crippen LogP contribution in [0.2, 0.25) is 0 Å². The van der Waals surface area contributed by atoms with Crippen LogP contribution in [0, 0.1) is 17.1 Å². The molecule has 0 saturated heterocycles. The second kappa shape index (κ2) is 3.28. The summed E-state index contributed by atoms with van der Waals surface area (Å²) in [5.74, 6) is -0.513. The molecule has 0 radical (unpaired) electrons. The molecule has 1 N–H and O–H groups in total. The first-order chi connectivity index (χ1) is 6.72. The zero-order chi connectivity index (χ0) is 10.1. The molecule has 0 aromatic heterocycles. The summed E-state index contributed by atoms with van der Waals surface area (Å²) in [5.41, 5.74) is 0.568. The lowest BCUT2D eigenvalue weighted by atomic mass is 10.0. The van der Waals surface area contributed by atoms with Crippen molar-refractivity contribution >= 4 is 0 Å². The summed E-state index contributed by atoms with van der Waals surface area (Å²) >= 11 is 0. The zero-order valence-corrected chi connectivity index (χ0v) is 7.33. The molecule has 0 aliphatic carbocycles. The monoisotopic (exact) mass is 193 g/mol. The maximum atomic E-state index is 13.3. The first-order valence-corrected chi connectivity index (χ1v) is 4.27. The van der Waals surface area contributed by atoms with E-state index in [0.717, 1.165) is 6.07 Å². The standard InChI is InChI=1S/C10H8FNO2/c11-8-4-6(5-12)3-7-9(13)1-2-14-10(7)8/h3-4,9,13H,1-2H2/t9-/m0/s1.